The Morgan fingerprint density at radius 2 is 2.33 bits per heavy atom. The van der Waals surface area contributed by atoms with Crippen molar-refractivity contribution in [3.05, 3.63) is 34.1 Å². The molecule has 0 spiro atoms. The summed E-state index contributed by atoms with van der Waals surface area (Å²) in [4.78, 5) is 16.5. The Bertz CT molecular complexity index is 791. The number of fused-ring (bicyclic) bond motifs is 3. The van der Waals surface area contributed by atoms with Gasteiger partial charge in [-0.25, -0.2) is 0 Å². The Morgan fingerprint density at radius 3 is 3.17 bits per heavy atom. The van der Waals surface area contributed by atoms with Gasteiger partial charge < -0.3 is 0 Å². The van der Waals surface area contributed by atoms with Crippen molar-refractivity contribution in [3.8, 4) is 16.6 Å². The molecule has 0 N–H and O–H groups in total. The number of ether oxygens (including phenoxy) is 2. The summed E-state index contributed by atoms with van der Waals surface area (Å²) < 4.78 is 13.5. The predicted molar refractivity (Wildman–Crippen MR) is 68.3 cm³/mol. The van der Waals surface area contributed by atoms with Gasteiger partial charge in [-0.15, -0.1) is 0 Å². The van der Waals surface area contributed by atoms with E-state index in [2.05, 4.69) is 4.98 Å². The monoisotopic (exact) mass is 326 g/mol. The minimum atomic E-state index is -0.136. The van der Waals surface area contributed by atoms with E-state index in [1.165, 1.54) is 11.3 Å². The van der Waals surface area contributed by atoms with E-state index >= 15 is 0 Å². The fourth-order valence-electron chi connectivity index (χ4n) is 1.89. The Labute approximate surface area is 111 Å². The number of thiazole rings is 1. The minimum absolute atomic E-state index is 0.00162. The van der Waals surface area contributed by atoms with Gasteiger partial charge in [0, 0.05) is 0 Å². The zero-order valence-electron chi connectivity index (χ0n) is 8.95. The second kappa shape index (κ2) is 3.71. The number of aromatic nitrogens is 2. The second-order valence-corrected chi connectivity index (χ2v) is 6.56. The van der Waals surface area contributed by atoms with Crippen molar-refractivity contribution in [2.24, 2.45) is 0 Å². The average molecular weight is 325 g/mol. The van der Waals surface area contributed by atoms with E-state index < -0.39 is 0 Å². The number of benzene rings is 1. The van der Waals surface area contributed by atoms with Crippen LogP contribution >= 0.6 is 11.3 Å². The molecule has 7 heteroatoms. The Hall–Kier alpha value is -1.56. The molecular formula is C11H6N2O3SSe. The molecule has 0 atom stereocenters. The van der Waals surface area contributed by atoms with Gasteiger partial charge in [-0.2, -0.15) is 0 Å². The van der Waals surface area contributed by atoms with Crippen molar-refractivity contribution in [2.45, 2.75) is 0 Å². The van der Waals surface area contributed by atoms with Crippen LogP contribution in [0, 0.1) is 0 Å². The molecule has 2 aromatic heterocycles. The van der Waals surface area contributed by atoms with Crippen LogP contribution in [-0.4, -0.2) is 30.1 Å². The molecule has 1 aliphatic heterocycles. The zero-order chi connectivity index (χ0) is 12.1. The van der Waals surface area contributed by atoms with Crippen molar-refractivity contribution in [1.82, 2.24) is 8.55 Å². The number of hydrogen-bond donors (Lipinski definition) is 0. The van der Waals surface area contributed by atoms with Gasteiger partial charge in [0.05, 0.1) is 0 Å². The van der Waals surface area contributed by atoms with Gasteiger partial charge in [0.15, 0.2) is 0 Å². The van der Waals surface area contributed by atoms with E-state index in [1.54, 1.807) is 21.9 Å². The van der Waals surface area contributed by atoms with Gasteiger partial charge in [-0.1, -0.05) is 0 Å². The third-order valence-corrected chi connectivity index (χ3v) is 6.03. The first kappa shape index (κ1) is 10.4. The molecule has 0 unspecified atom stereocenters. The molecule has 5 nitrogen and oxygen atoms in total. The summed E-state index contributed by atoms with van der Waals surface area (Å²) in [7, 11) is 0. The summed E-state index contributed by atoms with van der Waals surface area (Å²) in [6, 6.07) is 3.60. The second-order valence-electron chi connectivity index (χ2n) is 3.68. The number of hydrogen-bond acceptors (Lipinski definition) is 5. The summed E-state index contributed by atoms with van der Waals surface area (Å²) in [5.74, 6) is 1.45. The molecule has 3 aromatic rings. The topological polar surface area (TPSA) is 53.4 Å². The van der Waals surface area contributed by atoms with Crippen molar-refractivity contribution in [3.63, 3.8) is 0 Å². The first-order valence-corrected chi connectivity index (χ1v) is 7.69. The molecule has 90 valence electrons. The van der Waals surface area contributed by atoms with Crippen molar-refractivity contribution >= 4 is 35.7 Å². The van der Waals surface area contributed by atoms with Crippen LogP contribution in [0.15, 0.2) is 28.5 Å². The molecule has 0 saturated heterocycles. The van der Waals surface area contributed by atoms with Crippen molar-refractivity contribution < 1.29 is 9.47 Å². The van der Waals surface area contributed by atoms with Gasteiger partial charge in [0.1, 0.15) is 0 Å². The molecule has 0 radical (unpaired) electrons. The molecule has 0 amide bonds. The quantitative estimate of drug-likeness (QED) is 0.632. The molecule has 0 saturated carbocycles. The van der Waals surface area contributed by atoms with Gasteiger partial charge in [0.25, 0.3) is 0 Å². The molecule has 0 aliphatic carbocycles. The Kier molecular flexibility index (Phi) is 2.14. The van der Waals surface area contributed by atoms with Crippen molar-refractivity contribution in [2.75, 3.05) is 6.79 Å². The summed E-state index contributed by atoms with van der Waals surface area (Å²) in [5.41, 5.74) is -0.00162. The molecule has 1 aromatic carbocycles. The Balaban J connectivity index is 2.08. The summed E-state index contributed by atoms with van der Waals surface area (Å²) in [5, 5.41) is 3.31. The standard InChI is InChI=1S/C11H6N2O3SSe/c14-10-6-1-2-7-8(16-5-15-7)9(6)18-13(10)11-12-3-4-17-11/h1-4H,5H2. The number of nitrogens with zero attached hydrogens (tertiary/aromatic N) is 2. The van der Waals surface area contributed by atoms with Crippen LogP contribution in [0.4, 0.5) is 0 Å². The molecule has 18 heavy (non-hydrogen) atoms. The summed E-state index contributed by atoms with van der Waals surface area (Å²) in [6.45, 7) is 0.229. The van der Waals surface area contributed by atoms with E-state index in [4.69, 9.17) is 9.47 Å². The molecular weight excluding hydrogens is 319 g/mol. The Morgan fingerprint density at radius 1 is 1.39 bits per heavy atom. The van der Waals surface area contributed by atoms with E-state index in [0.717, 1.165) is 20.9 Å². The summed E-state index contributed by atoms with van der Waals surface area (Å²) >= 11 is 1.33. The van der Waals surface area contributed by atoms with E-state index in [1.807, 2.05) is 5.38 Å². The third kappa shape index (κ3) is 1.32. The fourth-order valence-corrected chi connectivity index (χ4v) is 4.97. The SMILES string of the molecule is O=c1c2ccc3c(c2[se]n1-c1nccs1)OCO3. The van der Waals surface area contributed by atoms with Crippen LogP contribution in [0.1, 0.15) is 0 Å². The molecule has 3 heterocycles. The van der Waals surface area contributed by atoms with E-state index in [9.17, 15) is 4.79 Å². The molecule has 0 bridgehead atoms. The fraction of sp³-hybridized carbons (Fsp3) is 0.0909. The van der Waals surface area contributed by atoms with Gasteiger partial charge in [0.2, 0.25) is 0 Å². The molecule has 1 aliphatic rings. The van der Waals surface area contributed by atoms with Crippen LogP contribution < -0.4 is 15.0 Å². The van der Waals surface area contributed by atoms with E-state index in [0.29, 0.717) is 5.39 Å². The third-order valence-electron chi connectivity index (χ3n) is 2.68. The van der Waals surface area contributed by atoms with Crippen LogP contribution in [0.25, 0.3) is 14.8 Å². The van der Waals surface area contributed by atoms with Crippen molar-refractivity contribution in [1.29, 1.82) is 0 Å². The van der Waals surface area contributed by atoms with Crippen LogP contribution in [-0.2, 0) is 0 Å². The normalized spacial score (nSPS) is 13.3. The van der Waals surface area contributed by atoms with Gasteiger partial charge in [-0.05, 0) is 0 Å². The maximum atomic E-state index is 12.3. The van der Waals surface area contributed by atoms with Gasteiger partial charge >= 0.3 is 111 Å². The summed E-state index contributed by atoms with van der Waals surface area (Å²) in [6.07, 6.45) is 1.70. The predicted octanol–water partition coefficient (Wildman–Crippen LogP) is 1.23. The first-order valence-electron chi connectivity index (χ1n) is 5.19. The van der Waals surface area contributed by atoms with Crippen LogP contribution in [0.2, 0.25) is 0 Å². The van der Waals surface area contributed by atoms with Gasteiger partial charge in [-0.3, -0.25) is 0 Å². The van der Waals surface area contributed by atoms with E-state index in [-0.39, 0.29) is 27.1 Å². The molecule has 0 fully saturated rings. The zero-order valence-corrected chi connectivity index (χ0v) is 11.5. The number of rotatable bonds is 1. The maximum absolute atomic E-state index is 12.3. The average Bonchev–Trinajstić information content (AvgIpc) is 3.06. The molecule has 4 rings (SSSR count). The van der Waals surface area contributed by atoms with Crippen LogP contribution in [0.3, 0.4) is 0 Å². The first-order chi connectivity index (χ1) is 8.84. The van der Waals surface area contributed by atoms with Crippen LogP contribution in [0.5, 0.6) is 11.5 Å².